The van der Waals surface area contributed by atoms with Crippen LogP contribution in [0.2, 0.25) is 15.1 Å². The van der Waals surface area contributed by atoms with Gasteiger partial charge < -0.3 is 10.2 Å². The van der Waals surface area contributed by atoms with Crippen molar-refractivity contribution in [2.45, 2.75) is 24.4 Å². The predicted molar refractivity (Wildman–Crippen MR) is 113 cm³/mol. The molecule has 0 aliphatic rings. The molecule has 0 aliphatic heterocycles. The minimum atomic E-state index is -0.666. The van der Waals surface area contributed by atoms with Crippen molar-refractivity contribution < 1.29 is 9.59 Å². The molecule has 2 amide bonds. The summed E-state index contributed by atoms with van der Waals surface area (Å²) in [4.78, 5) is 27.4. The number of halogens is 3. The number of amides is 2. The predicted octanol–water partition coefficient (Wildman–Crippen LogP) is 4.90. The Morgan fingerprint density at radius 2 is 1.67 bits per heavy atom. The number of nitrogens with zero attached hydrogens (tertiary/aromatic N) is 1. The van der Waals surface area contributed by atoms with Gasteiger partial charge in [-0.3, -0.25) is 9.59 Å². The Bertz CT molecular complexity index is 795. The second kappa shape index (κ2) is 10.2. The van der Waals surface area contributed by atoms with Gasteiger partial charge in [0.1, 0.15) is 6.04 Å². The van der Waals surface area contributed by atoms with Gasteiger partial charge in [0.15, 0.2) is 0 Å². The molecule has 0 aliphatic carbocycles. The molecule has 8 heteroatoms. The SMILES string of the molecule is CNC(=O)[C@H](C)N(Cc1c(Cl)cccc1Cl)C(=O)CSc1ccc(Cl)cc1. The number of hydrogen-bond donors (Lipinski definition) is 1. The lowest BCUT2D eigenvalue weighted by molar-refractivity contribution is -0.138. The standard InChI is InChI=1S/C19H19Cl3N2O2S/c1-12(19(26)23-2)24(10-15-16(21)4-3-5-17(15)22)18(25)11-27-14-8-6-13(20)7-9-14/h3-9,12H,10-11H2,1-2H3,(H,23,26)/t12-/m0/s1. The van der Waals surface area contributed by atoms with Crippen LogP contribution in [0.5, 0.6) is 0 Å². The van der Waals surface area contributed by atoms with Gasteiger partial charge in [-0.25, -0.2) is 0 Å². The molecule has 27 heavy (non-hydrogen) atoms. The first-order chi connectivity index (χ1) is 12.8. The highest BCUT2D eigenvalue weighted by Gasteiger charge is 2.26. The van der Waals surface area contributed by atoms with Gasteiger partial charge in [0.2, 0.25) is 11.8 Å². The summed E-state index contributed by atoms with van der Waals surface area (Å²) in [6.45, 7) is 1.82. The van der Waals surface area contributed by atoms with E-state index in [0.717, 1.165) is 4.90 Å². The maximum Gasteiger partial charge on any atom is 0.242 e. The molecule has 0 radical (unpaired) electrons. The molecule has 2 aromatic carbocycles. The summed E-state index contributed by atoms with van der Waals surface area (Å²) >= 11 is 19.7. The quantitative estimate of drug-likeness (QED) is 0.617. The lowest BCUT2D eigenvalue weighted by Crippen LogP contribution is -2.47. The van der Waals surface area contributed by atoms with Gasteiger partial charge in [0.05, 0.1) is 5.75 Å². The minimum Gasteiger partial charge on any atom is -0.357 e. The molecule has 2 aromatic rings. The molecule has 4 nitrogen and oxygen atoms in total. The average Bonchev–Trinajstić information content (AvgIpc) is 2.66. The van der Waals surface area contributed by atoms with E-state index in [-0.39, 0.29) is 24.1 Å². The molecule has 1 N–H and O–H groups in total. The van der Waals surface area contributed by atoms with E-state index in [9.17, 15) is 9.59 Å². The van der Waals surface area contributed by atoms with E-state index >= 15 is 0 Å². The molecule has 0 aromatic heterocycles. The Kier molecular flexibility index (Phi) is 8.29. The lowest BCUT2D eigenvalue weighted by atomic mass is 10.1. The van der Waals surface area contributed by atoms with Crippen molar-refractivity contribution in [1.29, 1.82) is 0 Å². The zero-order valence-corrected chi connectivity index (χ0v) is 17.9. The van der Waals surface area contributed by atoms with Crippen LogP contribution in [0.15, 0.2) is 47.4 Å². The number of carbonyl (C=O) groups is 2. The fraction of sp³-hybridized carbons (Fsp3) is 0.263. The highest BCUT2D eigenvalue weighted by atomic mass is 35.5. The van der Waals surface area contributed by atoms with Gasteiger partial charge in [-0.15, -0.1) is 11.8 Å². The molecular weight excluding hydrogens is 427 g/mol. The van der Waals surface area contributed by atoms with Gasteiger partial charge in [-0.1, -0.05) is 40.9 Å². The number of nitrogens with one attached hydrogen (secondary N) is 1. The Hall–Kier alpha value is -1.40. The van der Waals surface area contributed by atoms with E-state index in [1.54, 1.807) is 37.3 Å². The van der Waals surface area contributed by atoms with Crippen LogP contribution in [0.1, 0.15) is 12.5 Å². The third-order valence-corrected chi connectivity index (χ3v) is 5.94. The van der Waals surface area contributed by atoms with Gasteiger partial charge in [0, 0.05) is 39.1 Å². The van der Waals surface area contributed by atoms with Crippen LogP contribution in [-0.2, 0) is 16.1 Å². The van der Waals surface area contributed by atoms with Crippen LogP contribution in [0.25, 0.3) is 0 Å². The van der Waals surface area contributed by atoms with Gasteiger partial charge in [0.25, 0.3) is 0 Å². The van der Waals surface area contributed by atoms with Crippen LogP contribution < -0.4 is 5.32 Å². The van der Waals surface area contributed by atoms with Crippen LogP contribution in [0.4, 0.5) is 0 Å². The highest BCUT2D eigenvalue weighted by molar-refractivity contribution is 8.00. The first kappa shape index (κ1) is 21.9. The number of thioether (sulfide) groups is 1. The van der Waals surface area contributed by atoms with Gasteiger partial charge >= 0.3 is 0 Å². The summed E-state index contributed by atoms with van der Waals surface area (Å²) in [5.41, 5.74) is 0.612. The van der Waals surface area contributed by atoms with Crippen LogP contribution >= 0.6 is 46.6 Å². The normalized spacial score (nSPS) is 11.7. The van der Waals surface area contributed by atoms with E-state index in [4.69, 9.17) is 34.8 Å². The minimum absolute atomic E-state index is 0.146. The van der Waals surface area contributed by atoms with Crippen molar-refractivity contribution in [3.63, 3.8) is 0 Å². The third kappa shape index (κ3) is 6.04. The van der Waals surface area contributed by atoms with E-state index in [1.807, 2.05) is 12.1 Å². The maximum atomic E-state index is 12.9. The summed E-state index contributed by atoms with van der Waals surface area (Å²) < 4.78 is 0. The molecule has 0 bridgehead atoms. The first-order valence-electron chi connectivity index (χ1n) is 8.15. The first-order valence-corrected chi connectivity index (χ1v) is 10.3. The van der Waals surface area contributed by atoms with Crippen molar-refractivity contribution in [2.75, 3.05) is 12.8 Å². The smallest absolute Gasteiger partial charge is 0.242 e. The summed E-state index contributed by atoms with van der Waals surface area (Å²) in [5, 5.41) is 4.12. The Balaban J connectivity index is 2.19. The zero-order valence-electron chi connectivity index (χ0n) is 14.8. The molecule has 0 fully saturated rings. The molecule has 0 saturated carbocycles. The van der Waals surface area contributed by atoms with Gasteiger partial charge in [-0.05, 0) is 43.3 Å². The zero-order chi connectivity index (χ0) is 20.0. The highest BCUT2D eigenvalue weighted by Crippen LogP contribution is 2.27. The largest absolute Gasteiger partial charge is 0.357 e. The van der Waals surface area contributed by atoms with Crippen molar-refractivity contribution in [2.24, 2.45) is 0 Å². The summed E-state index contributed by atoms with van der Waals surface area (Å²) in [5.74, 6) is -0.282. The van der Waals surface area contributed by atoms with Crippen molar-refractivity contribution in [1.82, 2.24) is 10.2 Å². The van der Waals surface area contributed by atoms with Crippen molar-refractivity contribution >= 4 is 58.4 Å². The molecular formula is C19H19Cl3N2O2S. The van der Waals surface area contributed by atoms with Crippen LogP contribution in [0, 0.1) is 0 Å². The van der Waals surface area contributed by atoms with Crippen molar-refractivity contribution in [3.8, 4) is 0 Å². The van der Waals surface area contributed by atoms with E-state index in [2.05, 4.69) is 5.32 Å². The summed E-state index contributed by atoms with van der Waals surface area (Å²) in [6.07, 6.45) is 0. The number of carbonyl (C=O) groups excluding carboxylic acids is 2. The topological polar surface area (TPSA) is 49.4 Å². The molecule has 0 saturated heterocycles. The maximum absolute atomic E-state index is 12.9. The summed E-state index contributed by atoms with van der Waals surface area (Å²) in [6, 6.07) is 11.7. The summed E-state index contributed by atoms with van der Waals surface area (Å²) in [7, 11) is 1.53. The van der Waals surface area contributed by atoms with E-state index in [1.165, 1.54) is 23.7 Å². The van der Waals surface area contributed by atoms with Gasteiger partial charge in [-0.2, -0.15) is 0 Å². The fourth-order valence-corrected chi connectivity index (χ4v) is 3.83. The van der Waals surface area contributed by atoms with Crippen molar-refractivity contribution in [3.05, 3.63) is 63.1 Å². The Morgan fingerprint density at radius 1 is 1.07 bits per heavy atom. The molecule has 0 unspecified atom stereocenters. The Labute approximate surface area is 178 Å². The number of hydrogen-bond acceptors (Lipinski definition) is 3. The molecule has 2 rings (SSSR count). The monoisotopic (exact) mass is 444 g/mol. The molecule has 0 heterocycles. The average molecular weight is 446 g/mol. The van der Waals surface area contributed by atoms with Crippen LogP contribution in [0.3, 0.4) is 0 Å². The van der Waals surface area contributed by atoms with E-state index < -0.39 is 6.04 Å². The number of likely N-dealkylation sites (N-methyl/N-ethyl adjacent to an activating group) is 1. The number of rotatable bonds is 7. The molecule has 0 spiro atoms. The van der Waals surface area contributed by atoms with Crippen LogP contribution in [-0.4, -0.2) is 35.6 Å². The molecule has 1 atom stereocenters. The number of benzene rings is 2. The van der Waals surface area contributed by atoms with E-state index in [0.29, 0.717) is 20.6 Å². The second-order valence-corrected chi connectivity index (χ2v) is 8.05. The molecule has 144 valence electrons. The second-order valence-electron chi connectivity index (χ2n) is 5.75. The lowest BCUT2D eigenvalue weighted by Gasteiger charge is -2.29. The third-order valence-electron chi connectivity index (χ3n) is 3.98. The Morgan fingerprint density at radius 3 is 2.22 bits per heavy atom. The fourth-order valence-electron chi connectivity index (χ4n) is 2.40.